The number of rotatable bonds is 7. The normalized spacial score (nSPS) is 10.0. The molecular formula is C16H19N3OS2. The van der Waals surface area contributed by atoms with Crippen molar-refractivity contribution >= 4 is 34.8 Å². The van der Waals surface area contributed by atoms with Crippen LogP contribution in [0.3, 0.4) is 0 Å². The first kappa shape index (κ1) is 16.6. The zero-order chi connectivity index (χ0) is 15.6. The molecule has 0 aliphatic heterocycles. The highest BCUT2D eigenvalue weighted by Gasteiger charge is 1.98. The molecule has 0 aliphatic rings. The Labute approximate surface area is 140 Å². The van der Waals surface area contributed by atoms with E-state index in [1.54, 1.807) is 19.5 Å². The van der Waals surface area contributed by atoms with E-state index in [1.165, 1.54) is 4.90 Å². The molecule has 2 N–H and O–H groups in total. The van der Waals surface area contributed by atoms with Crippen LogP contribution < -0.4 is 15.4 Å². The summed E-state index contributed by atoms with van der Waals surface area (Å²) in [7, 11) is 1.68. The Morgan fingerprint density at radius 1 is 1.18 bits per heavy atom. The highest BCUT2D eigenvalue weighted by atomic mass is 32.2. The van der Waals surface area contributed by atoms with Gasteiger partial charge >= 0.3 is 0 Å². The van der Waals surface area contributed by atoms with Crippen molar-refractivity contribution in [3.8, 4) is 5.75 Å². The predicted molar refractivity (Wildman–Crippen MR) is 96.8 cm³/mol. The molecule has 22 heavy (non-hydrogen) atoms. The van der Waals surface area contributed by atoms with E-state index in [4.69, 9.17) is 17.0 Å². The van der Waals surface area contributed by atoms with Crippen LogP contribution in [0, 0.1) is 0 Å². The van der Waals surface area contributed by atoms with Crippen LogP contribution in [-0.2, 0) is 0 Å². The highest BCUT2D eigenvalue weighted by molar-refractivity contribution is 7.99. The lowest BCUT2D eigenvalue weighted by Gasteiger charge is -2.10. The van der Waals surface area contributed by atoms with Crippen LogP contribution >= 0.6 is 24.0 Å². The van der Waals surface area contributed by atoms with Gasteiger partial charge < -0.3 is 15.4 Å². The number of aromatic nitrogens is 1. The number of ether oxygens (including phenoxy) is 1. The van der Waals surface area contributed by atoms with Gasteiger partial charge in [-0.15, -0.1) is 11.8 Å². The quantitative estimate of drug-likeness (QED) is 0.459. The van der Waals surface area contributed by atoms with E-state index >= 15 is 0 Å². The Morgan fingerprint density at radius 2 is 1.91 bits per heavy atom. The summed E-state index contributed by atoms with van der Waals surface area (Å²) in [6, 6.07) is 11.9. The molecule has 0 fully saturated rings. The number of thiocarbonyl (C=S) groups is 1. The van der Waals surface area contributed by atoms with E-state index in [0.717, 1.165) is 30.2 Å². The Bertz CT molecular complexity index is 576. The minimum atomic E-state index is 0.639. The molecule has 0 radical (unpaired) electrons. The van der Waals surface area contributed by atoms with E-state index in [0.29, 0.717) is 5.11 Å². The number of thioether (sulfide) groups is 1. The van der Waals surface area contributed by atoms with Gasteiger partial charge in [0, 0.05) is 29.5 Å². The van der Waals surface area contributed by atoms with Crippen molar-refractivity contribution < 1.29 is 4.74 Å². The Kier molecular flexibility index (Phi) is 6.99. The van der Waals surface area contributed by atoms with Crippen LogP contribution in [0.15, 0.2) is 53.7 Å². The van der Waals surface area contributed by atoms with E-state index in [2.05, 4.69) is 27.8 Å². The summed E-state index contributed by atoms with van der Waals surface area (Å²) in [4.78, 5) is 5.21. The van der Waals surface area contributed by atoms with E-state index in [9.17, 15) is 0 Å². The molecule has 1 aromatic carbocycles. The summed E-state index contributed by atoms with van der Waals surface area (Å²) < 4.78 is 5.14. The van der Waals surface area contributed by atoms with Crippen LogP contribution in [0.1, 0.15) is 6.42 Å². The van der Waals surface area contributed by atoms with Crippen LogP contribution in [0.5, 0.6) is 5.75 Å². The first-order valence-corrected chi connectivity index (χ1v) is 8.39. The zero-order valence-electron chi connectivity index (χ0n) is 12.4. The second kappa shape index (κ2) is 9.27. The van der Waals surface area contributed by atoms with Gasteiger partial charge in [0.25, 0.3) is 0 Å². The van der Waals surface area contributed by atoms with Crippen molar-refractivity contribution in [3.63, 3.8) is 0 Å². The van der Waals surface area contributed by atoms with Gasteiger partial charge in [-0.1, -0.05) is 0 Å². The number of methoxy groups -OCH3 is 1. The van der Waals surface area contributed by atoms with Crippen molar-refractivity contribution in [2.24, 2.45) is 0 Å². The lowest BCUT2D eigenvalue weighted by atomic mass is 10.3. The fourth-order valence-corrected chi connectivity index (χ4v) is 2.82. The third kappa shape index (κ3) is 5.91. The molecular weight excluding hydrogens is 314 g/mol. The molecule has 1 heterocycles. The van der Waals surface area contributed by atoms with Gasteiger partial charge in [0.15, 0.2) is 5.11 Å². The number of hydrogen-bond acceptors (Lipinski definition) is 4. The van der Waals surface area contributed by atoms with Gasteiger partial charge in [0.2, 0.25) is 0 Å². The maximum absolute atomic E-state index is 5.24. The molecule has 2 aromatic rings. The number of hydrogen-bond donors (Lipinski definition) is 2. The highest BCUT2D eigenvalue weighted by Crippen LogP contribution is 2.21. The Hall–Kier alpha value is -1.79. The van der Waals surface area contributed by atoms with Crippen LogP contribution in [-0.4, -0.2) is 29.5 Å². The van der Waals surface area contributed by atoms with Crippen molar-refractivity contribution in [2.75, 3.05) is 24.7 Å². The fraction of sp³-hybridized carbons (Fsp3) is 0.250. The Morgan fingerprint density at radius 3 is 2.59 bits per heavy atom. The van der Waals surface area contributed by atoms with Gasteiger partial charge in [0.1, 0.15) is 5.75 Å². The molecule has 0 unspecified atom stereocenters. The molecule has 0 aliphatic carbocycles. The van der Waals surface area contributed by atoms with Crippen molar-refractivity contribution in [2.45, 2.75) is 11.3 Å². The topological polar surface area (TPSA) is 46.2 Å². The average Bonchev–Trinajstić information content (AvgIpc) is 2.56. The van der Waals surface area contributed by atoms with Gasteiger partial charge in [-0.2, -0.15) is 0 Å². The predicted octanol–water partition coefficient (Wildman–Crippen LogP) is 3.56. The second-order valence-electron chi connectivity index (χ2n) is 4.49. The maximum Gasteiger partial charge on any atom is 0.170 e. The molecule has 4 nitrogen and oxygen atoms in total. The lowest BCUT2D eigenvalue weighted by Crippen LogP contribution is -2.29. The standard InChI is InChI=1S/C16H19N3OS2/c1-20-14-3-5-15(6-4-14)22-12-2-9-18-16(21)19-13-7-10-17-11-8-13/h3-8,10-11H,2,9,12H2,1H3,(H2,17,18,19,21). The third-order valence-corrected chi connectivity index (χ3v) is 4.22. The SMILES string of the molecule is COc1ccc(SCCCNC(=S)Nc2ccncc2)cc1. The molecule has 0 atom stereocenters. The Balaban J connectivity index is 1.59. The molecule has 0 bridgehead atoms. The van der Waals surface area contributed by atoms with Crippen molar-refractivity contribution in [3.05, 3.63) is 48.8 Å². The summed E-state index contributed by atoms with van der Waals surface area (Å²) >= 11 is 7.07. The van der Waals surface area contributed by atoms with E-state index < -0.39 is 0 Å². The van der Waals surface area contributed by atoms with Crippen LogP contribution in [0.25, 0.3) is 0 Å². The van der Waals surface area contributed by atoms with Gasteiger partial charge in [-0.3, -0.25) is 4.98 Å². The average molecular weight is 333 g/mol. The number of nitrogens with zero attached hydrogens (tertiary/aromatic N) is 1. The molecule has 6 heteroatoms. The summed E-state index contributed by atoms with van der Waals surface area (Å²) in [6.07, 6.45) is 4.50. The minimum Gasteiger partial charge on any atom is -0.497 e. The molecule has 2 rings (SSSR count). The summed E-state index contributed by atoms with van der Waals surface area (Å²) in [5.41, 5.74) is 0.945. The lowest BCUT2D eigenvalue weighted by molar-refractivity contribution is 0.414. The van der Waals surface area contributed by atoms with Crippen molar-refractivity contribution in [1.82, 2.24) is 10.3 Å². The second-order valence-corrected chi connectivity index (χ2v) is 6.07. The molecule has 1 aromatic heterocycles. The van der Waals surface area contributed by atoms with Crippen LogP contribution in [0.2, 0.25) is 0 Å². The fourth-order valence-electron chi connectivity index (χ4n) is 1.75. The number of benzene rings is 1. The first-order valence-electron chi connectivity index (χ1n) is 6.99. The van der Waals surface area contributed by atoms with Crippen LogP contribution in [0.4, 0.5) is 5.69 Å². The van der Waals surface area contributed by atoms with Gasteiger partial charge in [0.05, 0.1) is 7.11 Å². The maximum atomic E-state index is 5.24. The first-order chi connectivity index (χ1) is 10.8. The molecule has 0 saturated heterocycles. The van der Waals surface area contributed by atoms with Gasteiger partial charge in [-0.05, 0) is 60.8 Å². The molecule has 116 valence electrons. The van der Waals surface area contributed by atoms with Crippen molar-refractivity contribution in [1.29, 1.82) is 0 Å². The summed E-state index contributed by atoms with van der Waals surface area (Å²) in [5.74, 6) is 1.93. The zero-order valence-corrected chi connectivity index (χ0v) is 14.0. The minimum absolute atomic E-state index is 0.639. The summed E-state index contributed by atoms with van der Waals surface area (Å²) in [6.45, 7) is 0.847. The van der Waals surface area contributed by atoms with E-state index in [1.807, 2.05) is 36.0 Å². The van der Waals surface area contributed by atoms with E-state index in [-0.39, 0.29) is 0 Å². The largest absolute Gasteiger partial charge is 0.497 e. The number of nitrogens with one attached hydrogen (secondary N) is 2. The molecule has 0 amide bonds. The number of anilines is 1. The van der Waals surface area contributed by atoms with Gasteiger partial charge in [-0.25, -0.2) is 0 Å². The molecule has 0 spiro atoms. The number of pyridine rings is 1. The smallest absolute Gasteiger partial charge is 0.170 e. The third-order valence-electron chi connectivity index (χ3n) is 2.87. The summed E-state index contributed by atoms with van der Waals surface area (Å²) in [5, 5.41) is 6.96. The monoisotopic (exact) mass is 333 g/mol. The molecule has 0 saturated carbocycles.